The van der Waals surface area contributed by atoms with Crippen molar-refractivity contribution in [2.45, 2.75) is 38.5 Å². The van der Waals surface area contributed by atoms with Gasteiger partial charge in [-0.25, -0.2) is 8.78 Å². The summed E-state index contributed by atoms with van der Waals surface area (Å²) >= 11 is 0. The first-order chi connectivity index (χ1) is 10.7. The first-order valence-corrected chi connectivity index (χ1v) is 7.28. The van der Waals surface area contributed by atoms with E-state index in [9.17, 15) is 8.78 Å². The third-order valence-corrected chi connectivity index (χ3v) is 3.69. The highest BCUT2D eigenvalue weighted by atomic mass is 19.2. The largest absolute Gasteiger partial charge is 0.424 e. The second-order valence-electron chi connectivity index (χ2n) is 5.18. The van der Waals surface area contributed by atoms with Gasteiger partial charge in [-0.1, -0.05) is 13.0 Å². The van der Waals surface area contributed by atoms with Gasteiger partial charge >= 0.3 is 0 Å². The van der Waals surface area contributed by atoms with Crippen molar-refractivity contribution >= 4 is 0 Å². The predicted molar refractivity (Wildman–Crippen MR) is 74.0 cm³/mol. The van der Waals surface area contributed by atoms with Gasteiger partial charge in [0.15, 0.2) is 11.6 Å². The fourth-order valence-electron chi connectivity index (χ4n) is 2.54. The summed E-state index contributed by atoms with van der Waals surface area (Å²) in [4.78, 5) is 0. The van der Waals surface area contributed by atoms with E-state index < -0.39 is 11.6 Å². The van der Waals surface area contributed by atoms with Crippen LogP contribution in [-0.2, 0) is 17.7 Å². The highest BCUT2D eigenvalue weighted by Gasteiger charge is 2.30. The molecule has 0 saturated carbocycles. The minimum Gasteiger partial charge on any atom is -0.424 e. The Bertz CT molecular complexity index is 647. The lowest BCUT2D eigenvalue weighted by Gasteiger charge is -2.19. The molecule has 7 heteroatoms. The first kappa shape index (κ1) is 15.1. The van der Waals surface area contributed by atoms with Crippen molar-refractivity contribution in [2.75, 3.05) is 6.61 Å². The molecule has 3 rings (SSSR count). The number of rotatable bonds is 5. The van der Waals surface area contributed by atoms with Gasteiger partial charge in [-0.2, -0.15) is 0 Å². The van der Waals surface area contributed by atoms with Crippen LogP contribution in [0.2, 0.25) is 0 Å². The molecule has 0 spiro atoms. The van der Waals surface area contributed by atoms with E-state index >= 15 is 0 Å². The van der Waals surface area contributed by atoms with E-state index in [0.717, 1.165) is 12.5 Å². The molecule has 1 aliphatic heterocycles. The van der Waals surface area contributed by atoms with Crippen molar-refractivity contribution in [3.05, 3.63) is 47.2 Å². The molecule has 0 unspecified atom stereocenters. The maximum Gasteiger partial charge on any atom is 0.230 e. The van der Waals surface area contributed by atoms with Crippen LogP contribution in [0.5, 0.6) is 0 Å². The molecule has 0 radical (unpaired) electrons. The van der Waals surface area contributed by atoms with Crippen LogP contribution in [0.1, 0.15) is 36.8 Å². The van der Waals surface area contributed by atoms with Crippen LogP contribution < -0.4 is 5.32 Å². The lowest BCUT2D eigenvalue weighted by molar-refractivity contribution is 0.0976. The Balaban J connectivity index is 1.66. The molecule has 2 heterocycles. The third-order valence-electron chi connectivity index (χ3n) is 3.69. The zero-order valence-corrected chi connectivity index (χ0v) is 12.2. The smallest absolute Gasteiger partial charge is 0.230 e. The van der Waals surface area contributed by atoms with Crippen LogP contribution in [0.3, 0.4) is 0 Å². The third kappa shape index (κ3) is 3.15. The maximum absolute atomic E-state index is 13.4. The SMILES string of the molecule is CCc1nnc(CN[C@@H]2CCO[C@H]2c2ccc(F)c(F)c2)o1. The van der Waals surface area contributed by atoms with Gasteiger partial charge in [-0.15, -0.1) is 10.2 Å². The predicted octanol–water partition coefficient (Wildman–Crippen LogP) is 2.53. The number of nitrogens with one attached hydrogen (secondary N) is 1. The van der Waals surface area contributed by atoms with Crippen LogP contribution in [-0.4, -0.2) is 22.8 Å². The molecule has 1 aromatic carbocycles. The van der Waals surface area contributed by atoms with Crippen molar-refractivity contribution < 1.29 is 17.9 Å². The average molecular weight is 309 g/mol. The normalized spacial score (nSPS) is 21.4. The molecule has 2 atom stereocenters. The molecule has 22 heavy (non-hydrogen) atoms. The Labute approximate surface area is 126 Å². The summed E-state index contributed by atoms with van der Waals surface area (Å²) in [6.07, 6.45) is 1.15. The fraction of sp³-hybridized carbons (Fsp3) is 0.467. The molecule has 1 aromatic heterocycles. The van der Waals surface area contributed by atoms with E-state index in [0.29, 0.717) is 36.9 Å². The second kappa shape index (κ2) is 6.50. The molecular weight excluding hydrogens is 292 g/mol. The zero-order chi connectivity index (χ0) is 15.5. The van der Waals surface area contributed by atoms with Gasteiger partial charge in [0.25, 0.3) is 0 Å². The summed E-state index contributed by atoms with van der Waals surface area (Å²) in [6.45, 7) is 2.92. The number of aromatic nitrogens is 2. The van der Waals surface area contributed by atoms with Gasteiger partial charge in [0.1, 0.15) is 0 Å². The molecule has 0 aliphatic carbocycles. The summed E-state index contributed by atoms with van der Waals surface area (Å²) in [5.41, 5.74) is 0.619. The van der Waals surface area contributed by atoms with Crippen LogP contribution in [0.25, 0.3) is 0 Å². The Morgan fingerprint density at radius 2 is 2.05 bits per heavy atom. The lowest BCUT2D eigenvalue weighted by atomic mass is 10.0. The molecule has 0 bridgehead atoms. The summed E-state index contributed by atoms with van der Waals surface area (Å²) in [5, 5.41) is 11.1. The van der Waals surface area contributed by atoms with Crippen LogP contribution in [0.15, 0.2) is 22.6 Å². The molecule has 5 nitrogen and oxygen atoms in total. The van der Waals surface area contributed by atoms with E-state index in [4.69, 9.17) is 9.15 Å². The Hall–Kier alpha value is -1.86. The van der Waals surface area contributed by atoms with Gasteiger partial charge in [-0.05, 0) is 24.1 Å². The van der Waals surface area contributed by atoms with Gasteiger partial charge < -0.3 is 14.5 Å². The first-order valence-electron chi connectivity index (χ1n) is 7.28. The molecule has 1 aliphatic rings. The van der Waals surface area contributed by atoms with E-state index in [-0.39, 0.29) is 12.1 Å². The van der Waals surface area contributed by atoms with Crippen molar-refractivity contribution in [1.82, 2.24) is 15.5 Å². The van der Waals surface area contributed by atoms with Gasteiger partial charge in [0.2, 0.25) is 11.8 Å². The Kier molecular flexibility index (Phi) is 4.44. The van der Waals surface area contributed by atoms with Crippen LogP contribution >= 0.6 is 0 Å². The number of halogens is 2. The molecule has 1 N–H and O–H groups in total. The fourth-order valence-corrected chi connectivity index (χ4v) is 2.54. The number of benzene rings is 1. The van der Waals surface area contributed by atoms with E-state index in [1.807, 2.05) is 6.92 Å². The Morgan fingerprint density at radius 1 is 1.23 bits per heavy atom. The summed E-state index contributed by atoms with van der Waals surface area (Å²) in [5.74, 6) is -0.620. The van der Waals surface area contributed by atoms with Gasteiger partial charge in [0.05, 0.1) is 12.6 Å². The molecule has 118 valence electrons. The standard InChI is InChI=1S/C15H17F2N3O2/c1-2-13-19-20-14(22-13)8-18-12-5-6-21-15(12)9-3-4-10(16)11(17)7-9/h3-4,7,12,15,18H,2,5-6,8H2,1H3/t12-,15+/m1/s1. The Morgan fingerprint density at radius 3 is 2.77 bits per heavy atom. The van der Waals surface area contributed by atoms with Gasteiger partial charge in [0, 0.05) is 19.1 Å². The second-order valence-corrected chi connectivity index (χ2v) is 5.18. The summed E-state index contributed by atoms with van der Waals surface area (Å²) < 4.78 is 37.5. The zero-order valence-electron chi connectivity index (χ0n) is 12.2. The number of ether oxygens (including phenoxy) is 1. The van der Waals surface area contributed by atoms with Crippen LogP contribution in [0, 0.1) is 11.6 Å². The number of hydrogen-bond acceptors (Lipinski definition) is 5. The van der Waals surface area contributed by atoms with Gasteiger partial charge in [-0.3, -0.25) is 0 Å². The quantitative estimate of drug-likeness (QED) is 0.919. The molecular formula is C15H17F2N3O2. The molecule has 1 fully saturated rings. The number of hydrogen-bond donors (Lipinski definition) is 1. The maximum atomic E-state index is 13.4. The van der Waals surface area contributed by atoms with Crippen molar-refractivity contribution in [1.29, 1.82) is 0 Å². The van der Waals surface area contributed by atoms with E-state index in [1.54, 1.807) is 6.07 Å². The van der Waals surface area contributed by atoms with E-state index in [1.165, 1.54) is 6.07 Å². The lowest BCUT2D eigenvalue weighted by Crippen LogP contribution is -2.31. The highest BCUT2D eigenvalue weighted by molar-refractivity contribution is 5.22. The van der Waals surface area contributed by atoms with E-state index in [2.05, 4.69) is 15.5 Å². The number of aryl methyl sites for hydroxylation is 1. The van der Waals surface area contributed by atoms with Crippen molar-refractivity contribution in [3.8, 4) is 0 Å². The van der Waals surface area contributed by atoms with Crippen molar-refractivity contribution in [2.24, 2.45) is 0 Å². The topological polar surface area (TPSA) is 60.2 Å². The van der Waals surface area contributed by atoms with Crippen molar-refractivity contribution in [3.63, 3.8) is 0 Å². The minimum absolute atomic E-state index is 0.0122. The highest BCUT2D eigenvalue weighted by Crippen LogP contribution is 2.30. The summed E-state index contributed by atoms with van der Waals surface area (Å²) in [6, 6.07) is 3.84. The van der Waals surface area contributed by atoms with Crippen LogP contribution in [0.4, 0.5) is 8.78 Å². The molecule has 1 saturated heterocycles. The molecule has 2 aromatic rings. The average Bonchev–Trinajstić information content (AvgIpc) is 3.16. The molecule has 0 amide bonds. The monoisotopic (exact) mass is 309 g/mol. The minimum atomic E-state index is -0.865. The number of nitrogens with zero attached hydrogens (tertiary/aromatic N) is 2. The summed E-state index contributed by atoms with van der Waals surface area (Å²) in [7, 11) is 0.